The molecular weight excluding hydrogens is 603 g/mol. The Labute approximate surface area is 256 Å². The zero-order valence-electron chi connectivity index (χ0n) is 24.4. The molecule has 1 saturated heterocycles. The van der Waals surface area contributed by atoms with Gasteiger partial charge in [0.15, 0.2) is 0 Å². The highest BCUT2D eigenvalue weighted by atomic mass is 19.4. The van der Waals surface area contributed by atoms with Crippen LogP contribution in [-0.2, 0) is 27.5 Å². The number of nitrogens with one attached hydrogen (secondary N) is 1. The summed E-state index contributed by atoms with van der Waals surface area (Å²) in [6.07, 6.45) is -7.97. The minimum Gasteiger partial charge on any atom is -0.346 e. The summed E-state index contributed by atoms with van der Waals surface area (Å²) in [4.78, 5) is 30.3. The summed E-state index contributed by atoms with van der Waals surface area (Å²) in [5.74, 6) is -2.50. The smallest absolute Gasteiger partial charge is 0.346 e. The van der Waals surface area contributed by atoms with Gasteiger partial charge in [-0.15, -0.1) is 0 Å². The topological polar surface area (TPSA) is 52.7 Å². The van der Waals surface area contributed by atoms with Crippen molar-refractivity contribution in [1.82, 2.24) is 10.2 Å². The minimum atomic E-state index is -5.03. The van der Waals surface area contributed by atoms with E-state index in [-0.39, 0.29) is 30.1 Å². The quantitative estimate of drug-likeness (QED) is 0.290. The predicted molar refractivity (Wildman–Crippen MR) is 154 cm³/mol. The zero-order chi connectivity index (χ0) is 32.6. The Kier molecular flexibility index (Phi) is 8.99. The van der Waals surface area contributed by atoms with Gasteiger partial charge in [0.1, 0.15) is 5.82 Å². The second kappa shape index (κ2) is 12.5. The first-order valence-electron chi connectivity index (χ1n) is 14.6. The molecule has 1 saturated carbocycles. The lowest BCUT2D eigenvalue weighted by atomic mass is 9.74. The SMILES string of the molecule is C[C@@H](C(=O)N[C@]1(c2ccccc2)CC[C@@H](N2CCN(c3ccc(F)cc3)C(=O)C2)CC1)c1cc(C(F)(F)F)cc(C(F)(F)F)c1. The molecule has 0 aromatic heterocycles. The van der Waals surface area contributed by atoms with E-state index >= 15 is 0 Å². The summed E-state index contributed by atoms with van der Waals surface area (Å²) in [5.41, 5.74) is -2.84. The molecule has 2 amide bonds. The van der Waals surface area contributed by atoms with Crippen LogP contribution in [0.4, 0.5) is 36.4 Å². The lowest BCUT2D eigenvalue weighted by Crippen LogP contribution is -2.57. The molecule has 1 atom stereocenters. The van der Waals surface area contributed by atoms with Crippen LogP contribution in [0.15, 0.2) is 72.8 Å². The second-order valence-corrected chi connectivity index (χ2v) is 11.7. The number of benzene rings is 3. The van der Waals surface area contributed by atoms with Crippen LogP contribution in [0.2, 0.25) is 0 Å². The first kappa shape index (κ1) is 32.5. The highest BCUT2D eigenvalue weighted by Gasteiger charge is 2.42. The van der Waals surface area contributed by atoms with Crippen LogP contribution < -0.4 is 10.2 Å². The molecule has 0 unspecified atom stereocenters. The summed E-state index contributed by atoms with van der Waals surface area (Å²) < 4.78 is 94.2. The summed E-state index contributed by atoms with van der Waals surface area (Å²) in [5, 5.41) is 3.00. The van der Waals surface area contributed by atoms with Gasteiger partial charge in [0.2, 0.25) is 11.8 Å². The van der Waals surface area contributed by atoms with Crippen molar-refractivity contribution in [2.45, 2.75) is 62.5 Å². The lowest BCUT2D eigenvalue weighted by molar-refractivity contribution is -0.143. The number of anilines is 1. The van der Waals surface area contributed by atoms with Crippen molar-refractivity contribution in [3.63, 3.8) is 0 Å². The monoisotopic (exact) mass is 635 g/mol. The number of alkyl halides is 6. The maximum Gasteiger partial charge on any atom is 0.416 e. The Hall–Kier alpha value is -3.93. The molecule has 0 bridgehead atoms. The van der Waals surface area contributed by atoms with Gasteiger partial charge >= 0.3 is 12.4 Å². The molecule has 240 valence electrons. The lowest BCUT2D eigenvalue weighted by Gasteiger charge is -2.46. The van der Waals surface area contributed by atoms with E-state index < -0.39 is 46.7 Å². The van der Waals surface area contributed by atoms with E-state index in [0.29, 0.717) is 56.6 Å². The van der Waals surface area contributed by atoms with Crippen molar-refractivity contribution < 1.29 is 40.3 Å². The van der Waals surface area contributed by atoms with Crippen LogP contribution >= 0.6 is 0 Å². The Morgan fingerprint density at radius 2 is 1.44 bits per heavy atom. The molecule has 12 heteroatoms. The normalized spacial score (nSPS) is 22.3. The molecule has 1 heterocycles. The highest BCUT2D eigenvalue weighted by molar-refractivity contribution is 5.95. The molecule has 0 spiro atoms. The van der Waals surface area contributed by atoms with E-state index in [4.69, 9.17) is 0 Å². The van der Waals surface area contributed by atoms with Gasteiger partial charge in [-0.1, -0.05) is 30.3 Å². The van der Waals surface area contributed by atoms with Crippen molar-refractivity contribution in [3.05, 3.63) is 101 Å². The number of hydrogen-bond donors (Lipinski definition) is 1. The Balaban J connectivity index is 1.32. The average molecular weight is 636 g/mol. The summed E-state index contributed by atoms with van der Waals surface area (Å²) in [6, 6.07) is 16.1. The summed E-state index contributed by atoms with van der Waals surface area (Å²) in [7, 11) is 0. The summed E-state index contributed by atoms with van der Waals surface area (Å²) >= 11 is 0. The first-order valence-corrected chi connectivity index (χ1v) is 14.6. The van der Waals surface area contributed by atoms with Crippen LogP contribution in [0.5, 0.6) is 0 Å². The van der Waals surface area contributed by atoms with Crippen molar-refractivity contribution in [2.24, 2.45) is 0 Å². The van der Waals surface area contributed by atoms with E-state index in [0.717, 1.165) is 5.56 Å². The molecule has 1 aliphatic heterocycles. The fourth-order valence-electron chi connectivity index (χ4n) is 6.33. The Bertz CT molecular complexity index is 1480. The van der Waals surface area contributed by atoms with Crippen LogP contribution in [0.1, 0.15) is 60.8 Å². The molecule has 1 aliphatic carbocycles. The van der Waals surface area contributed by atoms with Gasteiger partial charge in [0, 0.05) is 24.8 Å². The third-order valence-electron chi connectivity index (χ3n) is 8.91. The van der Waals surface area contributed by atoms with E-state index in [1.54, 1.807) is 35.2 Å². The number of carbonyl (C=O) groups excluding carboxylic acids is 2. The van der Waals surface area contributed by atoms with Crippen molar-refractivity contribution in [2.75, 3.05) is 24.5 Å². The zero-order valence-corrected chi connectivity index (χ0v) is 24.4. The standard InChI is InChI=1S/C33H32F7N3O2/c1-21(22-17-24(32(35,36)37)19-25(18-22)33(38,39)40)30(45)41-31(23-5-3-2-4-6-23)13-11-27(12-14-31)42-15-16-43(29(44)20-42)28-9-7-26(34)8-10-28/h2-10,17-19,21,27H,11-16,20H2,1H3,(H,41,45)/t21-,27-,31-/m1/s1. The van der Waals surface area contributed by atoms with Crippen molar-refractivity contribution >= 4 is 17.5 Å². The van der Waals surface area contributed by atoms with Crippen LogP contribution in [-0.4, -0.2) is 42.4 Å². The number of nitrogens with zero attached hydrogens (tertiary/aromatic N) is 2. The minimum absolute atomic E-state index is 0.0216. The summed E-state index contributed by atoms with van der Waals surface area (Å²) in [6.45, 7) is 2.48. The molecular formula is C33H32F7N3O2. The molecule has 2 aliphatic rings. The van der Waals surface area contributed by atoms with Gasteiger partial charge in [0.05, 0.1) is 29.1 Å². The van der Waals surface area contributed by atoms with Gasteiger partial charge in [-0.05, 0) is 86.2 Å². The van der Waals surface area contributed by atoms with E-state index in [1.165, 1.54) is 19.1 Å². The number of carbonyl (C=O) groups is 2. The number of piperazine rings is 1. The highest BCUT2D eigenvalue weighted by Crippen LogP contribution is 2.41. The average Bonchev–Trinajstić information content (AvgIpc) is 3.01. The molecule has 45 heavy (non-hydrogen) atoms. The predicted octanol–water partition coefficient (Wildman–Crippen LogP) is 7.27. The first-order chi connectivity index (χ1) is 21.2. The molecule has 5 nitrogen and oxygen atoms in total. The van der Waals surface area contributed by atoms with Crippen molar-refractivity contribution in [3.8, 4) is 0 Å². The maximum atomic E-state index is 13.6. The number of hydrogen-bond acceptors (Lipinski definition) is 3. The van der Waals surface area contributed by atoms with Gasteiger partial charge in [-0.25, -0.2) is 4.39 Å². The fourth-order valence-corrected chi connectivity index (χ4v) is 6.33. The third-order valence-corrected chi connectivity index (χ3v) is 8.91. The van der Waals surface area contributed by atoms with Crippen LogP contribution in [0.25, 0.3) is 0 Å². The molecule has 2 fully saturated rings. The third kappa shape index (κ3) is 7.16. The Morgan fingerprint density at radius 3 is 1.98 bits per heavy atom. The fraction of sp³-hybridized carbons (Fsp3) is 0.394. The van der Waals surface area contributed by atoms with Gasteiger partial charge in [-0.3, -0.25) is 14.5 Å². The number of halogens is 7. The largest absolute Gasteiger partial charge is 0.416 e. The van der Waals surface area contributed by atoms with E-state index in [2.05, 4.69) is 10.2 Å². The van der Waals surface area contributed by atoms with Crippen molar-refractivity contribution in [1.29, 1.82) is 0 Å². The van der Waals surface area contributed by atoms with Gasteiger partial charge < -0.3 is 10.2 Å². The van der Waals surface area contributed by atoms with Gasteiger partial charge in [0.25, 0.3) is 0 Å². The van der Waals surface area contributed by atoms with Crippen LogP contribution in [0.3, 0.4) is 0 Å². The molecule has 3 aromatic carbocycles. The van der Waals surface area contributed by atoms with Crippen LogP contribution in [0, 0.1) is 5.82 Å². The molecule has 5 rings (SSSR count). The Morgan fingerprint density at radius 1 is 0.867 bits per heavy atom. The molecule has 1 N–H and O–H groups in total. The molecule has 3 aromatic rings. The van der Waals surface area contributed by atoms with E-state index in [1.807, 2.05) is 12.1 Å². The number of amides is 2. The van der Waals surface area contributed by atoms with Gasteiger partial charge in [-0.2, -0.15) is 26.3 Å². The second-order valence-electron chi connectivity index (χ2n) is 11.7. The molecule has 0 radical (unpaired) electrons. The maximum absolute atomic E-state index is 13.6. The van der Waals surface area contributed by atoms with E-state index in [9.17, 15) is 40.3 Å². The number of rotatable bonds is 6.